The minimum absolute atomic E-state index is 0.00688. The van der Waals surface area contributed by atoms with Crippen molar-refractivity contribution in [3.63, 3.8) is 0 Å². The molecule has 0 bridgehead atoms. The molecule has 0 aromatic heterocycles. The lowest BCUT2D eigenvalue weighted by molar-refractivity contribution is -0.124. The van der Waals surface area contributed by atoms with Gasteiger partial charge in [-0.1, -0.05) is 30.7 Å². The lowest BCUT2D eigenvalue weighted by Gasteiger charge is -2.09. The van der Waals surface area contributed by atoms with E-state index < -0.39 is 0 Å². The minimum Gasteiger partial charge on any atom is -0.495 e. The van der Waals surface area contributed by atoms with Gasteiger partial charge in [0, 0.05) is 23.4 Å². The number of methoxy groups -OCH3 is 1. The first-order chi connectivity index (χ1) is 14.0. The van der Waals surface area contributed by atoms with Gasteiger partial charge >= 0.3 is 0 Å². The summed E-state index contributed by atoms with van der Waals surface area (Å²) in [7, 11) is 1.52. The molecular weight excluding hydrogens is 394 g/mol. The Balaban J connectivity index is 1.84. The molecule has 0 saturated carbocycles. The summed E-state index contributed by atoms with van der Waals surface area (Å²) in [5, 5.41) is 7.18. The predicted octanol–water partition coefficient (Wildman–Crippen LogP) is 4.01. The molecule has 0 fully saturated rings. The molecule has 7 nitrogen and oxygen atoms in total. The summed E-state index contributed by atoms with van der Waals surface area (Å²) in [6.07, 6.45) is 2.34. The second-order valence-corrected chi connectivity index (χ2v) is 6.51. The van der Waals surface area contributed by atoms with Crippen LogP contribution >= 0.6 is 11.6 Å². The molecule has 2 aromatic rings. The molecule has 29 heavy (non-hydrogen) atoms. The van der Waals surface area contributed by atoms with E-state index in [1.165, 1.54) is 13.3 Å². The largest absolute Gasteiger partial charge is 0.495 e. The zero-order valence-electron chi connectivity index (χ0n) is 16.4. The summed E-state index contributed by atoms with van der Waals surface area (Å²) in [4.78, 5) is 24.0. The average molecular weight is 418 g/mol. The van der Waals surface area contributed by atoms with Crippen LogP contribution in [-0.2, 0) is 9.59 Å². The molecule has 0 spiro atoms. The van der Waals surface area contributed by atoms with E-state index in [1.54, 1.807) is 42.5 Å². The molecule has 0 saturated heterocycles. The zero-order chi connectivity index (χ0) is 21.1. The summed E-state index contributed by atoms with van der Waals surface area (Å²) >= 11 is 6.01. The highest BCUT2D eigenvalue weighted by Gasteiger charge is 2.09. The van der Waals surface area contributed by atoms with Crippen LogP contribution in [0.2, 0.25) is 5.02 Å². The Morgan fingerprint density at radius 2 is 1.86 bits per heavy atom. The maximum absolute atomic E-state index is 12.0. The number of hydrogen-bond donors (Lipinski definition) is 2. The Hall–Kier alpha value is -3.06. The van der Waals surface area contributed by atoms with Gasteiger partial charge in [0.1, 0.15) is 11.5 Å². The number of para-hydroxylation sites is 2. The third-order valence-electron chi connectivity index (χ3n) is 3.79. The van der Waals surface area contributed by atoms with Gasteiger partial charge < -0.3 is 14.8 Å². The number of nitrogens with zero attached hydrogens (tertiary/aromatic N) is 1. The standard InChI is InChI=1S/C21H24ClN3O4/c1-3-12-29-18-9-8-16(22)13-15(18)14-23-25-21(27)11-10-20(26)24-17-6-4-5-7-19(17)28-2/h4-9,13-14H,3,10-12H2,1-2H3,(H,24,26)(H,25,27). The molecule has 0 heterocycles. The number of carbonyl (C=O) groups excluding carboxylic acids is 2. The zero-order valence-corrected chi connectivity index (χ0v) is 17.2. The molecule has 0 unspecified atom stereocenters. The van der Waals surface area contributed by atoms with Gasteiger partial charge in [-0.25, -0.2) is 5.43 Å². The molecule has 0 atom stereocenters. The first kappa shape index (κ1) is 22.2. The van der Waals surface area contributed by atoms with Crippen molar-refractivity contribution in [3.8, 4) is 11.5 Å². The van der Waals surface area contributed by atoms with Crippen LogP contribution in [-0.4, -0.2) is 31.7 Å². The smallest absolute Gasteiger partial charge is 0.240 e. The van der Waals surface area contributed by atoms with Crippen LogP contribution in [0.3, 0.4) is 0 Å². The molecule has 2 amide bonds. The van der Waals surface area contributed by atoms with Gasteiger partial charge in [0.25, 0.3) is 0 Å². The number of hydrogen-bond acceptors (Lipinski definition) is 5. The third-order valence-corrected chi connectivity index (χ3v) is 4.02. The number of nitrogens with one attached hydrogen (secondary N) is 2. The molecule has 154 valence electrons. The summed E-state index contributed by atoms with van der Waals surface area (Å²) in [5.74, 6) is 0.510. The Kier molecular flexibility index (Phi) is 8.98. The summed E-state index contributed by atoms with van der Waals surface area (Å²) in [6.45, 7) is 2.57. The fraction of sp³-hybridized carbons (Fsp3) is 0.286. The molecule has 0 aliphatic rings. The van der Waals surface area contributed by atoms with Crippen molar-refractivity contribution in [2.45, 2.75) is 26.2 Å². The Morgan fingerprint density at radius 3 is 2.62 bits per heavy atom. The fourth-order valence-corrected chi connectivity index (χ4v) is 2.56. The van der Waals surface area contributed by atoms with Crippen molar-refractivity contribution in [1.29, 1.82) is 0 Å². The van der Waals surface area contributed by atoms with Crippen LogP contribution in [0.1, 0.15) is 31.7 Å². The van der Waals surface area contributed by atoms with E-state index >= 15 is 0 Å². The highest BCUT2D eigenvalue weighted by Crippen LogP contribution is 2.23. The molecular formula is C21H24ClN3O4. The molecule has 2 rings (SSSR count). The highest BCUT2D eigenvalue weighted by molar-refractivity contribution is 6.30. The number of halogens is 1. The number of ether oxygens (including phenoxy) is 2. The van der Waals surface area contributed by atoms with Crippen molar-refractivity contribution in [1.82, 2.24) is 5.43 Å². The number of carbonyl (C=O) groups is 2. The predicted molar refractivity (Wildman–Crippen MR) is 114 cm³/mol. The van der Waals surface area contributed by atoms with Crippen molar-refractivity contribution >= 4 is 35.3 Å². The number of amides is 2. The lowest BCUT2D eigenvalue weighted by Crippen LogP contribution is -2.20. The monoisotopic (exact) mass is 417 g/mol. The lowest BCUT2D eigenvalue weighted by atomic mass is 10.2. The third kappa shape index (κ3) is 7.46. The second-order valence-electron chi connectivity index (χ2n) is 6.07. The molecule has 0 aliphatic heterocycles. The van der Waals surface area contributed by atoms with Gasteiger partial charge in [-0.2, -0.15) is 5.10 Å². The highest BCUT2D eigenvalue weighted by atomic mass is 35.5. The van der Waals surface area contributed by atoms with Crippen molar-refractivity contribution in [2.75, 3.05) is 19.0 Å². The quantitative estimate of drug-likeness (QED) is 0.451. The van der Waals surface area contributed by atoms with Crippen LogP contribution < -0.4 is 20.2 Å². The maximum atomic E-state index is 12.0. The summed E-state index contributed by atoms with van der Waals surface area (Å²) < 4.78 is 10.8. The van der Waals surface area contributed by atoms with E-state index in [-0.39, 0.29) is 24.7 Å². The van der Waals surface area contributed by atoms with E-state index in [1.807, 2.05) is 6.92 Å². The molecule has 8 heteroatoms. The second kappa shape index (κ2) is 11.7. The summed E-state index contributed by atoms with van der Waals surface area (Å²) in [5.41, 5.74) is 3.61. The number of rotatable bonds is 10. The van der Waals surface area contributed by atoms with Gasteiger partial charge in [-0.05, 0) is 36.8 Å². The van der Waals surface area contributed by atoms with Gasteiger partial charge in [-0.3, -0.25) is 9.59 Å². The summed E-state index contributed by atoms with van der Waals surface area (Å²) in [6, 6.07) is 12.2. The number of hydrazone groups is 1. The van der Waals surface area contributed by atoms with Crippen molar-refractivity contribution < 1.29 is 19.1 Å². The Morgan fingerprint density at radius 1 is 1.10 bits per heavy atom. The van der Waals surface area contributed by atoms with Crippen LogP contribution in [0, 0.1) is 0 Å². The molecule has 0 radical (unpaired) electrons. The van der Waals surface area contributed by atoms with Gasteiger partial charge in [0.05, 0.1) is 25.6 Å². The van der Waals surface area contributed by atoms with Gasteiger partial charge in [0.15, 0.2) is 0 Å². The van der Waals surface area contributed by atoms with E-state index in [0.717, 1.165) is 6.42 Å². The molecule has 2 N–H and O–H groups in total. The van der Waals surface area contributed by atoms with Crippen molar-refractivity contribution in [2.24, 2.45) is 5.10 Å². The first-order valence-corrected chi connectivity index (χ1v) is 9.58. The topological polar surface area (TPSA) is 89.0 Å². The van der Waals surface area contributed by atoms with Crippen LogP contribution in [0.25, 0.3) is 0 Å². The van der Waals surface area contributed by atoms with Crippen LogP contribution in [0.15, 0.2) is 47.6 Å². The number of anilines is 1. The fourth-order valence-electron chi connectivity index (χ4n) is 2.38. The van der Waals surface area contributed by atoms with E-state index in [0.29, 0.717) is 34.4 Å². The molecule has 2 aromatic carbocycles. The average Bonchev–Trinajstić information content (AvgIpc) is 2.72. The van der Waals surface area contributed by atoms with Gasteiger partial charge in [0.2, 0.25) is 11.8 Å². The normalized spacial score (nSPS) is 10.6. The van der Waals surface area contributed by atoms with E-state index in [4.69, 9.17) is 21.1 Å². The van der Waals surface area contributed by atoms with Crippen molar-refractivity contribution in [3.05, 3.63) is 53.1 Å². The van der Waals surface area contributed by atoms with Crippen LogP contribution in [0.5, 0.6) is 11.5 Å². The Labute approximate surface area is 175 Å². The Bertz CT molecular complexity index is 871. The van der Waals surface area contributed by atoms with E-state index in [9.17, 15) is 9.59 Å². The number of benzene rings is 2. The van der Waals surface area contributed by atoms with Crippen LogP contribution in [0.4, 0.5) is 5.69 Å². The van der Waals surface area contributed by atoms with Gasteiger partial charge in [-0.15, -0.1) is 0 Å². The molecule has 0 aliphatic carbocycles. The minimum atomic E-state index is -0.380. The van der Waals surface area contributed by atoms with E-state index in [2.05, 4.69) is 15.8 Å². The SMILES string of the molecule is CCCOc1ccc(Cl)cc1C=NNC(=O)CCC(=O)Nc1ccccc1OC. The maximum Gasteiger partial charge on any atom is 0.240 e. The first-order valence-electron chi connectivity index (χ1n) is 9.20.